The minimum Gasteiger partial charge on any atom is -0.494 e. The van der Waals surface area contributed by atoms with Crippen LogP contribution in [-0.4, -0.2) is 52.8 Å². The molecule has 3 aliphatic rings. The molecular weight excluding hydrogens is 446 g/mol. The van der Waals surface area contributed by atoms with E-state index >= 15 is 0 Å². The van der Waals surface area contributed by atoms with E-state index in [-0.39, 0.29) is 5.92 Å². The normalized spacial score (nSPS) is 24.1. The standard InChI is InChI=1S/C28H34ClN3O2/c1-32(15-6-9-25-30-26-23(29)12-13-24(34-2)27(26)31-25)16-14-28(33)18-20-10-11-21(28)17-22(20)19-7-4-3-5-8-19/h3-5,7-8,12-13,17,20-21,33H,6,9-11,14-16,18H2,1-2H3,(H,30,31)/t20-,21+,28+/m1/s1. The maximum atomic E-state index is 11.5. The summed E-state index contributed by atoms with van der Waals surface area (Å²) in [6.07, 6.45) is 8.19. The number of ether oxygens (including phenoxy) is 1. The van der Waals surface area contributed by atoms with Crippen molar-refractivity contribution < 1.29 is 9.84 Å². The van der Waals surface area contributed by atoms with Gasteiger partial charge in [-0.2, -0.15) is 0 Å². The Labute approximate surface area is 206 Å². The first-order valence-corrected chi connectivity index (χ1v) is 12.7. The number of benzene rings is 2. The highest BCUT2D eigenvalue weighted by Crippen LogP contribution is 2.51. The summed E-state index contributed by atoms with van der Waals surface area (Å²) in [5.41, 5.74) is 3.80. The molecule has 6 rings (SSSR count). The topological polar surface area (TPSA) is 61.4 Å². The van der Waals surface area contributed by atoms with Crippen molar-refractivity contribution >= 4 is 28.2 Å². The molecule has 0 spiro atoms. The molecule has 0 saturated heterocycles. The highest BCUT2D eigenvalue weighted by Gasteiger charge is 2.46. The molecule has 0 unspecified atom stereocenters. The van der Waals surface area contributed by atoms with Crippen LogP contribution in [0.25, 0.3) is 16.6 Å². The second-order valence-electron chi connectivity index (χ2n) is 9.99. The third-order valence-electron chi connectivity index (χ3n) is 7.75. The minimum atomic E-state index is -0.582. The molecule has 0 amide bonds. The molecule has 3 aliphatic carbocycles. The number of aromatic amines is 1. The minimum absolute atomic E-state index is 0.261. The van der Waals surface area contributed by atoms with Crippen LogP contribution in [-0.2, 0) is 6.42 Å². The third-order valence-corrected chi connectivity index (χ3v) is 8.06. The summed E-state index contributed by atoms with van der Waals surface area (Å²) in [4.78, 5) is 10.4. The summed E-state index contributed by atoms with van der Waals surface area (Å²) in [6.45, 7) is 1.85. The zero-order valence-corrected chi connectivity index (χ0v) is 20.8. The lowest BCUT2D eigenvalue weighted by Gasteiger charge is -2.48. The zero-order valence-electron chi connectivity index (χ0n) is 20.1. The van der Waals surface area contributed by atoms with Crippen molar-refractivity contribution in [2.75, 3.05) is 27.2 Å². The first kappa shape index (κ1) is 23.4. The average molecular weight is 480 g/mol. The van der Waals surface area contributed by atoms with Crippen molar-refractivity contribution in [1.29, 1.82) is 0 Å². The highest BCUT2D eigenvalue weighted by atomic mass is 35.5. The fourth-order valence-corrected chi connectivity index (χ4v) is 6.02. The van der Waals surface area contributed by atoms with Crippen LogP contribution >= 0.6 is 11.6 Å². The number of hydrogen-bond acceptors (Lipinski definition) is 4. The van der Waals surface area contributed by atoms with Gasteiger partial charge in [0.05, 0.1) is 17.7 Å². The Morgan fingerprint density at radius 3 is 2.74 bits per heavy atom. The molecule has 34 heavy (non-hydrogen) atoms. The summed E-state index contributed by atoms with van der Waals surface area (Å²) in [6, 6.07) is 14.4. The van der Waals surface area contributed by atoms with Crippen molar-refractivity contribution in [2.24, 2.45) is 11.8 Å². The summed E-state index contributed by atoms with van der Waals surface area (Å²) < 4.78 is 5.42. The lowest BCUT2D eigenvalue weighted by molar-refractivity contribution is -0.0574. The van der Waals surface area contributed by atoms with Gasteiger partial charge in [0, 0.05) is 18.9 Å². The molecule has 2 aromatic carbocycles. The molecule has 2 bridgehead atoms. The fraction of sp³-hybridized carbons (Fsp3) is 0.464. The van der Waals surface area contributed by atoms with Gasteiger partial charge in [-0.25, -0.2) is 4.98 Å². The van der Waals surface area contributed by atoms with Crippen LogP contribution < -0.4 is 4.74 Å². The number of aryl methyl sites for hydroxylation is 1. The maximum Gasteiger partial charge on any atom is 0.144 e. The van der Waals surface area contributed by atoms with Crippen LogP contribution in [0.15, 0.2) is 48.5 Å². The van der Waals surface area contributed by atoms with Gasteiger partial charge in [0.25, 0.3) is 0 Å². The number of aliphatic hydroxyl groups is 1. The Kier molecular flexibility index (Phi) is 6.70. The van der Waals surface area contributed by atoms with Crippen molar-refractivity contribution in [3.63, 3.8) is 0 Å². The van der Waals surface area contributed by atoms with Crippen LogP contribution in [0.1, 0.15) is 43.5 Å². The van der Waals surface area contributed by atoms with Gasteiger partial charge in [-0.05, 0) is 74.9 Å². The van der Waals surface area contributed by atoms with E-state index in [0.717, 1.165) is 67.8 Å². The Morgan fingerprint density at radius 2 is 2.00 bits per heavy atom. The smallest absolute Gasteiger partial charge is 0.144 e. The highest BCUT2D eigenvalue weighted by molar-refractivity contribution is 6.35. The van der Waals surface area contributed by atoms with Gasteiger partial charge in [0.15, 0.2) is 0 Å². The van der Waals surface area contributed by atoms with Crippen molar-refractivity contribution in [2.45, 2.75) is 44.1 Å². The van der Waals surface area contributed by atoms with Gasteiger partial charge < -0.3 is 19.7 Å². The van der Waals surface area contributed by atoms with E-state index in [1.807, 2.05) is 12.1 Å². The number of H-pyrrole nitrogens is 1. The Morgan fingerprint density at radius 1 is 1.18 bits per heavy atom. The van der Waals surface area contributed by atoms with Gasteiger partial charge in [-0.15, -0.1) is 0 Å². The number of nitrogens with zero attached hydrogens (tertiary/aromatic N) is 2. The Hall–Kier alpha value is -2.34. The molecule has 3 aromatic rings. The lowest BCUT2D eigenvalue weighted by Crippen LogP contribution is -2.48. The van der Waals surface area contributed by atoms with E-state index in [0.29, 0.717) is 10.9 Å². The molecule has 3 atom stereocenters. The van der Waals surface area contributed by atoms with Crippen molar-refractivity contribution in [3.8, 4) is 5.75 Å². The molecule has 5 nitrogen and oxygen atoms in total. The van der Waals surface area contributed by atoms with Gasteiger partial charge in [-0.1, -0.05) is 48.0 Å². The number of allylic oxidation sites excluding steroid dienone is 1. The van der Waals surface area contributed by atoms with E-state index in [9.17, 15) is 5.11 Å². The van der Waals surface area contributed by atoms with Gasteiger partial charge in [-0.3, -0.25) is 0 Å². The fourth-order valence-electron chi connectivity index (χ4n) is 5.82. The second kappa shape index (κ2) is 9.73. The summed E-state index contributed by atoms with van der Waals surface area (Å²) in [5.74, 6) is 2.42. The molecule has 0 radical (unpaired) electrons. The SMILES string of the molecule is COc1ccc(Cl)c2nc(CCCN(C)CC[C@]3(O)C[C@H]4CC[C@H]3C=C4c3ccccc3)[nH]c12. The first-order chi connectivity index (χ1) is 16.5. The van der Waals surface area contributed by atoms with Crippen LogP contribution in [0.2, 0.25) is 5.02 Å². The predicted octanol–water partition coefficient (Wildman–Crippen LogP) is 5.72. The number of methoxy groups -OCH3 is 1. The summed E-state index contributed by atoms with van der Waals surface area (Å²) in [7, 11) is 3.80. The molecule has 1 heterocycles. The number of imidazole rings is 1. The molecule has 2 N–H and O–H groups in total. The quantitative estimate of drug-likeness (QED) is 0.411. The molecule has 1 aromatic heterocycles. The monoisotopic (exact) mass is 479 g/mol. The van der Waals surface area contributed by atoms with E-state index in [1.54, 1.807) is 7.11 Å². The van der Waals surface area contributed by atoms with E-state index < -0.39 is 5.60 Å². The number of fused-ring (bicyclic) bond motifs is 3. The molecule has 0 aliphatic heterocycles. The summed E-state index contributed by atoms with van der Waals surface area (Å²) in [5, 5.41) is 12.2. The summed E-state index contributed by atoms with van der Waals surface area (Å²) >= 11 is 6.31. The predicted molar refractivity (Wildman–Crippen MR) is 138 cm³/mol. The second-order valence-corrected chi connectivity index (χ2v) is 10.4. The molecule has 180 valence electrons. The van der Waals surface area contributed by atoms with E-state index in [4.69, 9.17) is 16.3 Å². The first-order valence-electron chi connectivity index (χ1n) is 12.4. The largest absolute Gasteiger partial charge is 0.494 e. The van der Waals surface area contributed by atoms with Crippen molar-refractivity contribution in [3.05, 3.63) is 65.0 Å². The van der Waals surface area contributed by atoms with Crippen LogP contribution in [0.5, 0.6) is 5.75 Å². The molecular formula is C28H34ClN3O2. The Balaban J connectivity index is 1.14. The van der Waals surface area contributed by atoms with E-state index in [1.165, 1.54) is 17.6 Å². The third kappa shape index (κ3) is 4.61. The number of nitrogens with one attached hydrogen (secondary N) is 1. The maximum absolute atomic E-state index is 11.5. The number of rotatable bonds is 9. The zero-order chi connectivity index (χ0) is 23.7. The number of hydrogen-bond donors (Lipinski definition) is 2. The lowest BCUT2D eigenvalue weighted by atomic mass is 9.61. The number of aromatic nitrogens is 2. The van der Waals surface area contributed by atoms with Crippen LogP contribution in [0.4, 0.5) is 0 Å². The number of halogens is 1. The molecule has 1 saturated carbocycles. The van der Waals surface area contributed by atoms with Crippen molar-refractivity contribution in [1.82, 2.24) is 14.9 Å². The van der Waals surface area contributed by atoms with Gasteiger partial charge in [0.2, 0.25) is 0 Å². The Bertz CT molecular complexity index is 1180. The van der Waals surface area contributed by atoms with Gasteiger partial charge in [0.1, 0.15) is 22.6 Å². The average Bonchev–Trinajstić information content (AvgIpc) is 3.29. The van der Waals surface area contributed by atoms with Crippen LogP contribution in [0, 0.1) is 11.8 Å². The molecule has 6 heteroatoms. The van der Waals surface area contributed by atoms with E-state index in [2.05, 4.69) is 58.3 Å². The van der Waals surface area contributed by atoms with Gasteiger partial charge >= 0.3 is 0 Å². The molecule has 1 fully saturated rings. The van der Waals surface area contributed by atoms with Crippen LogP contribution in [0.3, 0.4) is 0 Å².